The molecule has 1 amide bonds. The molecule has 170 valence electrons. The number of hydrogen-bond donors (Lipinski definition) is 1. The molecule has 33 heavy (non-hydrogen) atoms. The lowest BCUT2D eigenvalue weighted by Crippen LogP contribution is -2.25. The molecule has 0 bridgehead atoms. The first-order valence-electron chi connectivity index (χ1n) is 10.3. The summed E-state index contributed by atoms with van der Waals surface area (Å²) in [6.07, 6.45) is -4.29. The van der Waals surface area contributed by atoms with E-state index in [9.17, 15) is 18.0 Å². The van der Waals surface area contributed by atoms with Gasteiger partial charge in [-0.2, -0.15) is 23.0 Å². The lowest BCUT2D eigenvalue weighted by atomic mass is 9.85. The number of hydrogen-bond acceptors (Lipinski definition) is 5. The summed E-state index contributed by atoms with van der Waals surface area (Å²) in [7, 11) is 0. The number of amides is 1. The molecule has 1 atom stereocenters. The van der Waals surface area contributed by atoms with Gasteiger partial charge >= 0.3 is 6.18 Å². The van der Waals surface area contributed by atoms with Gasteiger partial charge in [-0.1, -0.05) is 23.5 Å². The van der Waals surface area contributed by atoms with Crippen LogP contribution in [0.5, 0.6) is 5.75 Å². The second-order valence-corrected chi connectivity index (χ2v) is 8.75. The Morgan fingerprint density at radius 1 is 1.21 bits per heavy atom. The summed E-state index contributed by atoms with van der Waals surface area (Å²) in [6, 6.07) is 10.6. The zero-order valence-electron chi connectivity index (χ0n) is 17.7. The lowest BCUT2D eigenvalue weighted by Gasteiger charge is -2.24. The van der Waals surface area contributed by atoms with Crippen LogP contribution in [0.2, 0.25) is 0 Å². The fraction of sp³-hybridized carbons (Fsp3) is 0.261. The summed E-state index contributed by atoms with van der Waals surface area (Å²) in [5.74, 6) is 0.615. The second-order valence-electron chi connectivity index (χ2n) is 7.74. The van der Waals surface area contributed by atoms with Crippen LogP contribution in [0.4, 0.5) is 19.0 Å². The monoisotopic (exact) mass is 472 g/mol. The van der Waals surface area contributed by atoms with Crippen molar-refractivity contribution in [3.8, 4) is 10.9 Å². The van der Waals surface area contributed by atoms with E-state index < -0.39 is 17.7 Å². The molecule has 1 unspecified atom stereocenters. The second kappa shape index (κ2) is 7.87. The molecule has 2 aromatic carbocycles. The standard InChI is InChI=1S/C23H19F3N4O2S/c1-3-32-15-8-9-17-18(10-15)33-22(27-17)30-21-20(12(2)29-30)16(11-19(31)28-21)13-4-6-14(7-5-13)23(24,25)26/h4-10,16H,3,11H2,1-2H3,(H,28,31). The lowest BCUT2D eigenvalue weighted by molar-refractivity contribution is -0.137. The van der Waals surface area contributed by atoms with Gasteiger partial charge in [0.25, 0.3) is 0 Å². The van der Waals surface area contributed by atoms with E-state index in [-0.39, 0.29) is 12.3 Å². The van der Waals surface area contributed by atoms with Crippen molar-refractivity contribution in [3.05, 3.63) is 64.8 Å². The van der Waals surface area contributed by atoms with E-state index in [0.717, 1.165) is 33.7 Å². The predicted molar refractivity (Wildman–Crippen MR) is 119 cm³/mol. The summed E-state index contributed by atoms with van der Waals surface area (Å²) in [4.78, 5) is 17.2. The smallest absolute Gasteiger partial charge is 0.416 e. The van der Waals surface area contributed by atoms with E-state index in [4.69, 9.17) is 4.74 Å². The number of ether oxygens (including phenoxy) is 1. The van der Waals surface area contributed by atoms with Gasteiger partial charge in [-0.25, -0.2) is 4.98 Å². The van der Waals surface area contributed by atoms with Crippen molar-refractivity contribution in [1.82, 2.24) is 14.8 Å². The van der Waals surface area contributed by atoms with Gasteiger partial charge in [-0.05, 0) is 49.7 Å². The molecule has 0 radical (unpaired) electrons. The number of nitrogens with one attached hydrogen (secondary N) is 1. The highest BCUT2D eigenvalue weighted by atomic mass is 32.1. The average Bonchev–Trinajstić information content (AvgIpc) is 3.33. The van der Waals surface area contributed by atoms with Crippen molar-refractivity contribution >= 4 is 33.3 Å². The number of aryl methyl sites for hydroxylation is 1. The summed E-state index contributed by atoms with van der Waals surface area (Å²) in [5.41, 5.74) is 2.15. The van der Waals surface area contributed by atoms with Gasteiger partial charge in [0.2, 0.25) is 11.0 Å². The Labute approximate surface area is 191 Å². The highest BCUT2D eigenvalue weighted by molar-refractivity contribution is 7.20. The molecule has 3 heterocycles. The Kier molecular flexibility index (Phi) is 5.12. The van der Waals surface area contributed by atoms with Crippen LogP contribution >= 0.6 is 11.3 Å². The third kappa shape index (κ3) is 3.84. The van der Waals surface area contributed by atoms with Gasteiger partial charge in [0.1, 0.15) is 11.6 Å². The van der Waals surface area contributed by atoms with Crippen molar-refractivity contribution < 1.29 is 22.7 Å². The molecule has 4 aromatic rings. The maximum atomic E-state index is 13.0. The van der Waals surface area contributed by atoms with Crippen LogP contribution in [0.25, 0.3) is 15.3 Å². The first-order chi connectivity index (χ1) is 15.7. The molecule has 1 aliphatic rings. The van der Waals surface area contributed by atoms with Crippen LogP contribution in [0.15, 0.2) is 42.5 Å². The van der Waals surface area contributed by atoms with E-state index in [1.807, 2.05) is 32.0 Å². The summed E-state index contributed by atoms with van der Waals surface area (Å²) in [6.45, 7) is 4.29. The molecule has 6 nitrogen and oxygen atoms in total. The Hall–Kier alpha value is -3.40. The molecule has 0 aliphatic carbocycles. The number of thiazole rings is 1. The third-order valence-corrected chi connectivity index (χ3v) is 6.58. The van der Waals surface area contributed by atoms with Gasteiger partial charge in [0.05, 0.1) is 28.1 Å². The maximum Gasteiger partial charge on any atom is 0.416 e. The summed E-state index contributed by atoms with van der Waals surface area (Å²) < 4.78 is 47.0. The number of alkyl halides is 3. The fourth-order valence-electron chi connectivity index (χ4n) is 4.11. The Bertz CT molecular complexity index is 1360. The number of nitrogens with zero attached hydrogens (tertiary/aromatic N) is 3. The average molecular weight is 472 g/mol. The zero-order chi connectivity index (χ0) is 23.3. The highest BCUT2D eigenvalue weighted by Crippen LogP contribution is 2.42. The van der Waals surface area contributed by atoms with E-state index >= 15 is 0 Å². The molecule has 0 saturated heterocycles. The molecule has 1 N–H and O–H groups in total. The molecule has 0 saturated carbocycles. The van der Waals surface area contributed by atoms with Gasteiger partial charge in [0, 0.05) is 17.9 Å². The normalized spacial score (nSPS) is 16.0. The first kappa shape index (κ1) is 21.4. The molecule has 0 spiro atoms. The molecule has 5 rings (SSSR count). The first-order valence-corrected chi connectivity index (χ1v) is 11.2. The van der Waals surface area contributed by atoms with Crippen LogP contribution in [0.1, 0.15) is 41.6 Å². The van der Waals surface area contributed by atoms with E-state index in [2.05, 4.69) is 15.4 Å². The third-order valence-electron chi connectivity index (χ3n) is 5.58. The Morgan fingerprint density at radius 3 is 2.67 bits per heavy atom. The molecule has 2 aromatic heterocycles. The minimum Gasteiger partial charge on any atom is -0.494 e. The fourth-order valence-corrected chi connectivity index (χ4v) is 5.07. The number of anilines is 1. The van der Waals surface area contributed by atoms with Crippen molar-refractivity contribution in [2.75, 3.05) is 11.9 Å². The number of rotatable bonds is 4. The highest BCUT2D eigenvalue weighted by Gasteiger charge is 2.35. The van der Waals surface area contributed by atoms with Gasteiger partial charge in [0.15, 0.2) is 0 Å². The number of aromatic nitrogens is 3. The molecular weight excluding hydrogens is 453 g/mol. The Morgan fingerprint density at radius 2 is 1.97 bits per heavy atom. The van der Waals surface area contributed by atoms with Crippen molar-refractivity contribution in [2.24, 2.45) is 0 Å². The number of carbonyl (C=O) groups excluding carboxylic acids is 1. The largest absolute Gasteiger partial charge is 0.494 e. The van der Waals surface area contributed by atoms with Crippen LogP contribution in [-0.2, 0) is 11.0 Å². The van der Waals surface area contributed by atoms with E-state index in [1.54, 1.807) is 4.68 Å². The summed E-state index contributed by atoms with van der Waals surface area (Å²) in [5, 5.41) is 8.08. The minimum atomic E-state index is -4.41. The van der Waals surface area contributed by atoms with Crippen molar-refractivity contribution in [3.63, 3.8) is 0 Å². The Balaban J connectivity index is 1.57. The van der Waals surface area contributed by atoms with Crippen LogP contribution in [0, 0.1) is 6.92 Å². The molecule has 0 fully saturated rings. The topological polar surface area (TPSA) is 69.0 Å². The van der Waals surface area contributed by atoms with Crippen molar-refractivity contribution in [2.45, 2.75) is 32.4 Å². The predicted octanol–water partition coefficient (Wildman–Crippen LogP) is 5.68. The van der Waals surface area contributed by atoms with E-state index in [0.29, 0.717) is 28.8 Å². The zero-order valence-corrected chi connectivity index (χ0v) is 18.5. The number of fused-ring (bicyclic) bond motifs is 2. The molecular formula is C23H19F3N4O2S. The van der Waals surface area contributed by atoms with E-state index in [1.165, 1.54) is 23.5 Å². The summed E-state index contributed by atoms with van der Waals surface area (Å²) >= 11 is 1.41. The van der Waals surface area contributed by atoms with Crippen molar-refractivity contribution in [1.29, 1.82) is 0 Å². The quantitative estimate of drug-likeness (QED) is 0.415. The number of carbonyl (C=O) groups is 1. The number of benzene rings is 2. The maximum absolute atomic E-state index is 13.0. The molecule has 1 aliphatic heterocycles. The van der Waals surface area contributed by atoms with Gasteiger partial charge in [-0.15, -0.1) is 0 Å². The van der Waals surface area contributed by atoms with Gasteiger partial charge < -0.3 is 10.1 Å². The minimum absolute atomic E-state index is 0.127. The SMILES string of the molecule is CCOc1ccc2nc(-n3nc(C)c4c3NC(=O)CC4c3ccc(C(F)(F)F)cc3)sc2c1. The number of halogens is 3. The van der Waals surface area contributed by atoms with Crippen LogP contribution < -0.4 is 10.1 Å². The van der Waals surface area contributed by atoms with Gasteiger partial charge in [-0.3, -0.25) is 4.79 Å². The molecule has 10 heteroatoms. The van der Waals surface area contributed by atoms with Crippen LogP contribution in [-0.4, -0.2) is 27.3 Å². The van der Waals surface area contributed by atoms with Crippen LogP contribution in [0.3, 0.4) is 0 Å².